The average Bonchev–Trinajstić information content (AvgIpc) is 3.39. The van der Waals surface area contributed by atoms with Crippen LogP contribution in [0, 0.1) is 0 Å². The Morgan fingerprint density at radius 2 is 1.76 bits per heavy atom. The number of aromatic nitrogens is 4. The largest absolute Gasteiger partial charge is 0.354 e. The van der Waals surface area contributed by atoms with Gasteiger partial charge in [-0.15, -0.1) is 10.2 Å². The predicted molar refractivity (Wildman–Crippen MR) is 130 cm³/mol. The number of carbonyl (C=O) groups excluding carboxylic acids is 2. The van der Waals surface area contributed by atoms with E-state index in [1.54, 1.807) is 24.3 Å². The molecule has 9 heteroatoms. The summed E-state index contributed by atoms with van der Waals surface area (Å²) in [6, 6.07) is 18.3. The summed E-state index contributed by atoms with van der Waals surface area (Å²) in [5, 5.41) is 12.9. The molecule has 0 saturated carbocycles. The van der Waals surface area contributed by atoms with Crippen molar-refractivity contribution >= 4 is 40.7 Å². The van der Waals surface area contributed by atoms with Gasteiger partial charge in [0.25, 0.3) is 0 Å². The summed E-state index contributed by atoms with van der Waals surface area (Å²) in [5.41, 5.74) is 3.20. The summed E-state index contributed by atoms with van der Waals surface area (Å²) in [6.45, 7) is 1.51. The van der Waals surface area contributed by atoms with E-state index in [4.69, 9.17) is 11.6 Å². The van der Waals surface area contributed by atoms with E-state index in [1.807, 2.05) is 58.8 Å². The van der Waals surface area contributed by atoms with E-state index in [0.29, 0.717) is 27.9 Å². The summed E-state index contributed by atoms with van der Waals surface area (Å²) in [7, 11) is 1.99. The number of benzene rings is 2. The first-order valence-corrected chi connectivity index (χ1v) is 11.6. The van der Waals surface area contributed by atoms with Crippen molar-refractivity contribution in [2.75, 3.05) is 11.1 Å². The highest BCUT2D eigenvalue weighted by atomic mass is 35.5. The first kappa shape index (κ1) is 22.8. The Morgan fingerprint density at radius 3 is 2.39 bits per heavy atom. The third-order valence-corrected chi connectivity index (χ3v) is 6.26. The quantitative estimate of drug-likeness (QED) is 0.290. The number of hydrogen-bond acceptors (Lipinski definition) is 5. The Kier molecular flexibility index (Phi) is 6.96. The lowest BCUT2D eigenvalue weighted by molar-refractivity contribution is -0.113. The van der Waals surface area contributed by atoms with Crippen molar-refractivity contribution in [1.29, 1.82) is 0 Å². The van der Waals surface area contributed by atoms with Gasteiger partial charge in [-0.3, -0.25) is 14.2 Å². The molecule has 0 unspecified atom stereocenters. The monoisotopic (exact) mass is 479 g/mol. The topological polar surface area (TPSA) is 81.8 Å². The molecule has 1 N–H and O–H groups in total. The van der Waals surface area contributed by atoms with Gasteiger partial charge >= 0.3 is 0 Å². The highest BCUT2D eigenvalue weighted by Gasteiger charge is 2.17. The maximum absolute atomic E-state index is 12.5. The van der Waals surface area contributed by atoms with Crippen LogP contribution in [-0.4, -0.2) is 36.8 Å². The van der Waals surface area contributed by atoms with Crippen LogP contribution >= 0.6 is 23.4 Å². The van der Waals surface area contributed by atoms with Crippen LogP contribution in [0.5, 0.6) is 0 Å². The zero-order valence-corrected chi connectivity index (χ0v) is 19.7. The molecule has 4 aromatic rings. The SMILES string of the molecule is CC(=O)c1ccc(NC(=O)CSc2nnc(Cc3cccn3C)n2-c2ccc(Cl)cc2)cc1. The lowest BCUT2D eigenvalue weighted by Gasteiger charge is -2.11. The van der Waals surface area contributed by atoms with Crippen LogP contribution < -0.4 is 5.32 Å². The zero-order valence-electron chi connectivity index (χ0n) is 18.2. The van der Waals surface area contributed by atoms with E-state index < -0.39 is 0 Å². The standard InChI is InChI=1S/C24H22ClN5O2S/c1-16(31)17-5-9-19(10-6-17)26-23(32)15-33-24-28-27-22(14-21-4-3-13-29(21)2)30(24)20-11-7-18(25)8-12-20/h3-13H,14-15H2,1-2H3,(H,26,32). The molecular weight excluding hydrogens is 458 g/mol. The molecule has 0 saturated heterocycles. The van der Waals surface area contributed by atoms with Gasteiger partial charge in [-0.05, 0) is 67.6 Å². The lowest BCUT2D eigenvalue weighted by atomic mass is 10.1. The molecule has 168 valence electrons. The number of hydrogen-bond donors (Lipinski definition) is 1. The van der Waals surface area contributed by atoms with Crippen LogP contribution in [0.15, 0.2) is 72.0 Å². The van der Waals surface area contributed by atoms with E-state index >= 15 is 0 Å². The van der Waals surface area contributed by atoms with Crippen molar-refractivity contribution in [1.82, 2.24) is 19.3 Å². The molecule has 0 aliphatic carbocycles. The van der Waals surface area contributed by atoms with Crippen molar-refractivity contribution in [3.8, 4) is 5.69 Å². The second-order valence-electron chi connectivity index (χ2n) is 7.47. The maximum Gasteiger partial charge on any atom is 0.234 e. The van der Waals surface area contributed by atoms with Gasteiger partial charge in [0.15, 0.2) is 10.9 Å². The van der Waals surface area contributed by atoms with Crippen LogP contribution in [0.1, 0.15) is 28.8 Å². The number of thioether (sulfide) groups is 1. The Bertz CT molecular complexity index is 1280. The number of rotatable bonds is 8. The second kappa shape index (κ2) is 10.1. The third-order valence-electron chi connectivity index (χ3n) is 5.08. The molecule has 2 aromatic carbocycles. The molecule has 0 spiro atoms. The normalized spacial score (nSPS) is 10.9. The predicted octanol–water partition coefficient (Wildman–Crippen LogP) is 4.78. The number of anilines is 1. The molecule has 0 fully saturated rings. The Labute approximate surface area is 200 Å². The van der Waals surface area contributed by atoms with Gasteiger partial charge in [0, 0.05) is 47.3 Å². The highest BCUT2D eigenvalue weighted by molar-refractivity contribution is 7.99. The van der Waals surface area contributed by atoms with Crippen LogP contribution in [0.3, 0.4) is 0 Å². The van der Waals surface area contributed by atoms with Crippen molar-refractivity contribution in [2.24, 2.45) is 7.05 Å². The number of Topliss-reactive ketones (excluding diaryl/α,β-unsaturated/α-hetero) is 1. The van der Waals surface area contributed by atoms with Gasteiger partial charge in [0.2, 0.25) is 5.91 Å². The minimum atomic E-state index is -0.176. The fourth-order valence-electron chi connectivity index (χ4n) is 3.32. The molecular formula is C24H22ClN5O2S. The molecule has 4 rings (SSSR count). The number of amides is 1. The van der Waals surface area contributed by atoms with Crippen LogP contribution in [0.2, 0.25) is 5.02 Å². The van der Waals surface area contributed by atoms with Gasteiger partial charge in [-0.1, -0.05) is 23.4 Å². The molecule has 2 aromatic heterocycles. The number of nitrogens with zero attached hydrogens (tertiary/aromatic N) is 4. The van der Waals surface area contributed by atoms with Gasteiger partial charge in [-0.25, -0.2) is 0 Å². The van der Waals surface area contributed by atoms with Crippen molar-refractivity contribution in [2.45, 2.75) is 18.5 Å². The van der Waals surface area contributed by atoms with Crippen molar-refractivity contribution in [3.63, 3.8) is 0 Å². The average molecular weight is 480 g/mol. The number of carbonyl (C=O) groups is 2. The third kappa shape index (κ3) is 5.53. The number of halogens is 1. The minimum Gasteiger partial charge on any atom is -0.354 e. The Balaban J connectivity index is 1.51. The molecule has 0 aliphatic rings. The van der Waals surface area contributed by atoms with Crippen molar-refractivity contribution < 1.29 is 9.59 Å². The molecule has 0 atom stereocenters. The van der Waals surface area contributed by atoms with Gasteiger partial charge in [0.05, 0.1) is 5.75 Å². The summed E-state index contributed by atoms with van der Waals surface area (Å²) in [4.78, 5) is 23.9. The van der Waals surface area contributed by atoms with E-state index in [2.05, 4.69) is 15.5 Å². The summed E-state index contributed by atoms with van der Waals surface area (Å²) >= 11 is 7.38. The summed E-state index contributed by atoms with van der Waals surface area (Å²) in [6.07, 6.45) is 2.58. The molecule has 7 nitrogen and oxygen atoms in total. The molecule has 1 amide bonds. The number of aryl methyl sites for hydroxylation is 1. The van der Waals surface area contributed by atoms with E-state index in [9.17, 15) is 9.59 Å². The number of nitrogens with one attached hydrogen (secondary N) is 1. The second-order valence-corrected chi connectivity index (χ2v) is 8.85. The molecule has 2 heterocycles. The lowest BCUT2D eigenvalue weighted by Crippen LogP contribution is -2.15. The van der Waals surface area contributed by atoms with Gasteiger partial charge in [0.1, 0.15) is 5.82 Å². The van der Waals surface area contributed by atoms with E-state index in [-0.39, 0.29) is 17.4 Å². The highest BCUT2D eigenvalue weighted by Crippen LogP contribution is 2.25. The van der Waals surface area contributed by atoms with E-state index in [0.717, 1.165) is 17.2 Å². The van der Waals surface area contributed by atoms with Gasteiger partial charge < -0.3 is 9.88 Å². The van der Waals surface area contributed by atoms with Gasteiger partial charge in [-0.2, -0.15) is 0 Å². The Morgan fingerprint density at radius 1 is 1.03 bits per heavy atom. The number of ketones is 1. The zero-order chi connectivity index (χ0) is 23.4. The van der Waals surface area contributed by atoms with Crippen LogP contribution in [0.4, 0.5) is 5.69 Å². The fraction of sp³-hybridized carbons (Fsp3) is 0.167. The molecule has 0 radical (unpaired) electrons. The maximum atomic E-state index is 12.5. The first-order valence-electron chi connectivity index (χ1n) is 10.2. The van der Waals surface area contributed by atoms with Crippen molar-refractivity contribution in [3.05, 3.63) is 89.0 Å². The molecule has 0 bridgehead atoms. The minimum absolute atomic E-state index is 0.0175. The van der Waals surface area contributed by atoms with E-state index in [1.165, 1.54) is 18.7 Å². The van der Waals surface area contributed by atoms with Crippen LogP contribution in [-0.2, 0) is 18.3 Å². The molecule has 0 aliphatic heterocycles. The summed E-state index contributed by atoms with van der Waals surface area (Å²) in [5.74, 6) is 0.729. The summed E-state index contributed by atoms with van der Waals surface area (Å²) < 4.78 is 3.99. The smallest absolute Gasteiger partial charge is 0.234 e. The first-order chi connectivity index (χ1) is 15.9. The van der Waals surface area contributed by atoms with Crippen LogP contribution in [0.25, 0.3) is 5.69 Å². The Hall–Kier alpha value is -3.36. The fourth-order valence-corrected chi connectivity index (χ4v) is 4.21. The molecule has 33 heavy (non-hydrogen) atoms.